The molecule has 0 radical (unpaired) electrons. The van der Waals surface area contributed by atoms with Gasteiger partial charge in [-0.1, -0.05) is 31.5 Å². The number of likely N-dealkylation sites (tertiary alicyclic amines) is 1. The van der Waals surface area contributed by atoms with Crippen molar-refractivity contribution < 1.29 is 14.3 Å². The minimum atomic E-state index is -0.459. The van der Waals surface area contributed by atoms with E-state index in [1.54, 1.807) is 4.90 Å². The van der Waals surface area contributed by atoms with Crippen molar-refractivity contribution in [3.05, 3.63) is 28.8 Å². The fraction of sp³-hybridized carbons (Fsp3) is 0.632. The molecule has 1 aromatic rings. The topological polar surface area (TPSA) is 38.8 Å². The molecule has 0 aliphatic carbocycles. The van der Waals surface area contributed by atoms with E-state index in [1.807, 2.05) is 59.7 Å². The van der Waals surface area contributed by atoms with Crippen molar-refractivity contribution in [1.29, 1.82) is 0 Å². The molecule has 0 saturated carbocycles. The third-order valence-corrected chi connectivity index (χ3v) is 3.79. The third-order valence-electron chi connectivity index (χ3n) is 3.47. The first-order valence-electron chi connectivity index (χ1n) is 8.65. The molecule has 1 fully saturated rings. The van der Waals surface area contributed by atoms with Crippen molar-refractivity contribution >= 4 is 17.7 Å². The van der Waals surface area contributed by atoms with Gasteiger partial charge in [-0.15, -0.1) is 0 Å². The first-order valence-corrected chi connectivity index (χ1v) is 9.03. The zero-order valence-corrected chi connectivity index (χ0v) is 16.4. The Bertz CT molecular complexity index is 532. The van der Waals surface area contributed by atoms with E-state index in [0.717, 1.165) is 24.2 Å². The summed E-state index contributed by atoms with van der Waals surface area (Å²) in [5, 5.41) is 0.625. The van der Waals surface area contributed by atoms with E-state index in [0.29, 0.717) is 18.1 Å². The summed E-state index contributed by atoms with van der Waals surface area (Å²) in [5.74, 6) is 0.720. The van der Waals surface area contributed by atoms with Crippen LogP contribution in [-0.4, -0.2) is 35.8 Å². The smallest absolute Gasteiger partial charge is 0.410 e. The Morgan fingerprint density at radius 1 is 1.21 bits per heavy atom. The average Bonchev–Trinajstić information content (AvgIpc) is 2.52. The highest BCUT2D eigenvalue weighted by Crippen LogP contribution is 2.28. The molecule has 1 heterocycles. The molecule has 4 nitrogen and oxygen atoms in total. The highest BCUT2D eigenvalue weighted by atomic mass is 35.5. The molecule has 0 bridgehead atoms. The molecule has 1 aromatic carbocycles. The summed E-state index contributed by atoms with van der Waals surface area (Å²) in [6.45, 7) is 12.9. The van der Waals surface area contributed by atoms with Gasteiger partial charge in [-0.05, 0) is 45.4 Å². The average molecular weight is 356 g/mol. The Balaban J connectivity index is 0.00000139. The minimum absolute atomic E-state index is 0.0815. The first kappa shape index (κ1) is 20.6. The summed E-state index contributed by atoms with van der Waals surface area (Å²) >= 11 is 6.16. The fourth-order valence-corrected chi connectivity index (χ4v) is 2.53. The molecule has 0 unspecified atom stereocenters. The molecule has 136 valence electrons. The lowest BCUT2D eigenvalue weighted by Crippen LogP contribution is -2.44. The lowest BCUT2D eigenvalue weighted by Gasteiger charge is -2.33. The Morgan fingerprint density at radius 2 is 1.79 bits per heavy atom. The van der Waals surface area contributed by atoms with Crippen LogP contribution in [0, 0.1) is 6.92 Å². The summed E-state index contributed by atoms with van der Waals surface area (Å²) in [6, 6.07) is 5.75. The van der Waals surface area contributed by atoms with E-state index in [4.69, 9.17) is 21.1 Å². The number of ether oxygens (including phenoxy) is 2. The quantitative estimate of drug-likeness (QED) is 0.707. The van der Waals surface area contributed by atoms with Crippen molar-refractivity contribution in [2.75, 3.05) is 13.1 Å². The van der Waals surface area contributed by atoms with E-state index < -0.39 is 5.60 Å². The third kappa shape index (κ3) is 6.60. The maximum absolute atomic E-state index is 12.0. The number of hydrogen-bond acceptors (Lipinski definition) is 3. The van der Waals surface area contributed by atoms with E-state index in [1.165, 1.54) is 0 Å². The summed E-state index contributed by atoms with van der Waals surface area (Å²) in [5.41, 5.74) is 0.657. The van der Waals surface area contributed by atoms with Gasteiger partial charge in [-0.25, -0.2) is 4.79 Å². The van der Waals surface area contributed by atoms with Gasteiger partial charge in [0.25, 0.3) is 0 Å². The van der Waals surface area contributed by atoms with Crippen molar-refractivity contribution in [3.8, 4) is 5.75 Å². The van der Waals surface area contributed by atoms with Crippen LogP contribution in [0.4, 0.5) is 4.79 Å². The van der Waals surface area contributed by atoms with Crippen molar-refractivity contribution in [2.24, 2.45) is 0 Å². The molecule has 1 amide bonds. The number of hydrogen-bond donors (Lipinski definition) is 0. The molecule has 1 aliphatic heterocycles. The van der Waals surface area contributed by atoms with Gasteiger partial charge in [0, 0.05) is 25.9 Å². The van der Waals surface area contributed by atoms with Crippen molar-refractivity contribution in [3.63, 3.8) is 0 Å². The number of piperidine rings is 1. The van der Waals surface area contributed by atoms with Gasteiger partial charge in [0.1, 0.15) is 17.5 Å². The molecule has 5 heteroatoms. The summed E-state index contributed by atoms with van der Waals surface area (Å²) in [4.78, 5) is 13.8. The maximum Gasteiger partial charge on any atom is 0.410 e. The first-order chi connectivity index (χ1) is 11.2. The van der Waals surface area contributed by atoms with Crippen LogP contribution in [0.2, 0.25) is 5.02 Å². The second-order valence-electron chi connectivity index (χ2n) is 6.72. The normalized spacial score (nSPS) is 15.4. The molecule has 1 saturated heterocycles. The van der Waals surface area contributed by atoms with Gasteiger partial charge in [-0.2, -0.15) is 0 Å². The van der Waals surface area contributed by atoms with Crippen LogP contribution >= 0.6 is 11.6 Å². The second-order valence-corrected chi connectivity index (χ2v) is 7.13. The number of rotatable bonds is 2. The molecule has 0 spiro atoms. The van der Waals surface area contributed by atoms with Gasteiger partial charge >= 0.3 is 6.09 Å². The lowest BCUT2D eigenvalue weighted by molar-refractivity contribution is 0.0126. The number of carbonyl (C=O) groups excluding carboxylic acids is 1. The number of halogens is 1. The van der Waals surface area contributed by atoms with Crippen LogP contribution in [-0.2, 0) is 4.74 Å². The van der Waals surface area contributed by atoms with Crippen molar-refractivity contribution in [1.82, 2.24) is 4.90 Å². The van der Waals surface area contributed by atoms with Crippen LogP contribution in [0.1, 0.15) is 53.0 Å². The Morgan fingerprint density at radius 3 is 2.33 bits per heavy atom. The summed E-state index contributed by atoms with van der Waals surface area (Å²) in [7, 11) is 0. The van der Waals surface area contributed by atoms with Crippen LogP contribution in [0.15, 0.2) is 18.2 Å². The number of nitrogens with zero attached hydrogens (tertiary/aromatic N) is 1. The van der Waals surface area contributed by atoms with Gasteiger partial charge in [0.2, 0.25) is 0 Å². The van der Waals surface area contributed by atoms with Gasteiger partial charge in [0.05, 0.1) is 5.02 Å². The van der Waals surface area contributed by atoms with E-state index in [9.17, 15) is 4.79 Å². The van der Waals surface area contributed by atoms with E-state index in [-0.39, 0.29) is 12.2 Å². The van der Waals surface area contributed by atoms with Crippen molar-refractivity contribution in [2.45, 2.75) is 66.1 Å². The second kappa shape index (κ2) is 9.16. The molecule has 24 heavy (non-hydrogen) atoms. The van der Waals surface area contributed by atoms with Gasteiger partial charge in [-0.3, -0.25) is 0 Å². The predicted molar refractivity (Wildman–Crippen MR) is 99.0 cm³/mol. The van der Waals surface area contributed by atoms with Crippen LogP contribution in [0.3, 0.4) is 0 Å². The van der Waals surface area contributed by atoms with Gasteiger partial charge in [0.15, 0.2) is 0 Å². The zero-order chi connectivity index (χ0) is 18.3. The minimum Gasteiger partial charge on any atom is -0.489 e. The van der Waals surface area contributed by atoms with E-state index >= 15 is 0 Å². The Labute approximate surface area is 151 Å². The molecule has 0 atom stereocenters. The molecule has 0 N–H and O–H groups in total. The van der Waals surface area contributed by atoms with Crippen LogP contribution < -0.4 is 4.74 Å². The molecule has 0 aromatic heterocycles. The van der Waals surface area contributed by atoms with Crippen LogP contribution in [0.5, 0.6) is 5.75 Å². The molecule has 2 rings (SSSR count). The SMILES string of the molecule is CC.Cc1ccc(Cl)c(OC2CCN(C(=O)OC(C)(C)C)CC2)c1. The number of aryl methyl sites for hydroxylation is 1. The Kier molecular flexibility index (Phi) is 7.88. The highest BCUT2D eigenvalue weighted by molar-refractivity contribution is 6.32. The molecular formula is C19H30ClNO3. The monoisotopic (exact) mass is 355 g/mol. The summed E-state index contributed by atoms with van der Waals surface area (Å²) in [6.07, 6.45) is 1.39. The molecule has 1 aliphatic rings. The standard InChI is InChI=1S/C17H24ClNO3.C2H6/c1-12-5-6-14(18)15(11-12)21-13-7-9-19(10-8-13)16(20)22-17(2,3)4;1-2/h5-6,11,13H,7-10H2,1-4H3;1-2H3. The summed E-state index contributed by atoms with van der Waals surface area (Å²) < 4.78 is 11.4. The highest BCUT2D eigenvalue weighted by Gasteiger charge is 2.27. The predicted octanol–water partition coefficient (Wildman–Crippen LogP) is 5.45. The molecular weight excluding hydrogens is 326 g/mol. The van der Waals surface area contributed by atoms with E-state index in [2.05, 4.69) is 0 Å². The van der Waals surface area contributed by atoms with Gasteiger partial charge < -0.3 is 14.4 Å². The lowest BCUT2D eigenvalue weighted by atomic mass is 10.1. The Hall–Kier alpha value is -1.42. The van der Waals surface area contributed by atoms with Crippen LogP contribution in [0.25, 0.3) is 0 Å². The number of amides is 1. The zero-order valence-electron chi connectivity index (χ0n) is 15.7. The fourth-order valence-electron chi connectivity index (χ4n) is 2.36. The largest absolute Gasteiger partial charge is 0.489 e. The number of carbonyl (C=O) groups is 1. The number of benzene rings is 1. The maximum atomic E-state index is 12.0.